The number of ether oxygens (including phenoxy) is 2. The Morgan fingerprint density at radius 1 is 1.06 bits per heavy atom. The summed E-state index contributed by atoms with van der Waals surface area (Å²) in [5, 5.41) is 21.7. The zero-order valence-corrected chi connectivity index (χ0v) is 18.9. The first kappa shape index (κ1) is 23.7. The number of benzene rings is 3. The van der Waals surface area contributed by atoms with Crippen LogP contribution in [0.25, 0.3) is 6.08 Å². The minimum atomic E-state index is -0.580. The fourth-order valence-corrected chi connectivity index (χ4v) is 3.51. The molecular weight excluding hydrogens is 461 g/mol. The predicted molar refractivity (Wildman–Crippen MR) is 127 cm³/mol. The van der Waals surface area contributed by atoms with Crippen LogP contribution in [0.5, 0.6) is 11.5 Å². The SMILES string of the molecule is COc1ccc(NC(=O)/C(C#N)=C\c2cc(Cl)c(OCc3ccccc3C#N)c(Cl)c2)cc1. The Kier molecular flexibility index (Phi) is 7.94. The molecule has 3 aromatic rings. The van der Waals surface area contributed by atoms with Crippen molar-refractivity contribution in [2.75, 3.05) is 12.4 Å². The number of anilines is 1. The Labute approximate surface area is 201 Å². The van der Waals surface area contributed by atoms with E-state index in [0.29, 0.717) is 28.1 Å². The molecule has 8 heteroatoms. The zero-order valence-electron chi connectivity index (χ0n) is 17.4. The van der Waals surface area contributed by atoms with Crippen molar-refractivity contribution in [2.24, 2.45) is 0 Å². The summed E-state index contributed by atoms with van der Waals surface area (Å²) in [6.07, 6.45) is 1.38. The van der Waals surface area contributed by atoms with Gasteiger partial charge in [0.25, 0.3) is 5.91 Å². The molecule has 3 aromatic carbocycles. The van der Waals surface area contributed by atoms with E-state index in [1.165, 1.54) is 18.2 Å². The molecule has 0 bridgehead atoms. The summed E-state index contributed by atoms with van der Waals surface area (Å²) in [4.78, 5) is 12.5. The van der Waals surface area contributed by atoms with Crippen LogP contribution >= 0.6 is 23.2 Å². The molecule has 0 heterocycles. The number of carbonyl (C=O) groups excluding carboxylic acids is 1. The third kappa shape index (κ3) is 6.05. The number of nitriles is 2. The third-order valence-electron chi connectivity index (χ3n) is 4.55. The Morgan fingerprint density at radius 3 is 2.33 bits per heavy atom. The van der Waals surface area contributed by atoms with Gasteiger partial charge in [-0.2, -0.15) is 10.5 Å². The van der Waals surface area contributed by atoms with Crippen LogP contribution in [0.1, 0.15) is 16.7 Å². The number of nitrogens with one attached hydrogen (secondary N) is 1. The highest BCUT2D eigenvalue weighted by molar-refractivity contribution is 6.37. The van der Waals surface area contributed by atoms with Crippen LogP contribution in [-0.2, 0) is 11.4 Å². The standard InChI is InChI=1S/C25H17Cl2N3O3/c1-32-21-8-6-20(7-9-21)30-25(31)19(14-29)10-16-11-22(26)24(23(27)12-16)33-15-18-5-3-2-4-17(18)13-28/h2-12H,15H2,1H3,(H,30,31)/b19-10-. The van der Waals surface area contributed by atoms with E-state index in [1.54, 1.807) is 55.6 Å². The van der Waals surface area contributed by atoms with Crippen molar-refractivity contribution in [3.8, 4) is 23.6 Å². The maximum absolute atomic E-state index is 12.5. The second-order valence-corrected chi connectivity index (χ2v) is 7.54. The first-order chi connectivity index (χ1) is 15.9. The molecule has 0 aliphatic rings. The van der Waals surface area contributed by atoms with Crippen LogP contribution in [0.2, 0.25) is 10.0 Å². The summed E-state index contributed by atoms with van der Waals surface area (Å²) in [5.41, 5.74) is 2.02. The van der Waals surface area contributed by atoms with Crippen molar-refractivity contribution in [1.29, 1.82) is 10.5 Å². The average Bonchev–Trinajstić information content (AvgIpc) is 2.82. The number of rotatable bonds is 7. The topological polar surface area (TPSA) is 95.1 Å². The molecule has 0 saturated heterocycles. The fraction of sp³-hybridized carbons (Fsp3) is 0.0800. The van der Waals surface area contributed by atoms with Gasteiger partial charge in [0.2, 0.25) is 0 Å². The second-order valence-electron chi connectivity index (χ2n) is 6.72. The molecule has 0 atom stereocenters. The summed E-state index contributed by atoms with van der Waals surface area (Å²) in [5.74, 6) is 0.305. The molecule has 0 aromatic heterocycles. The highest BCUT2D eigenvalue weighted by Crippen LogP contribution is 2.35. The van der Waals surface area contributed by atoms with Crippen molar-refractivity contribution < 1.29 is 14.3 Å². The van der Waals surface area contributed by atoms with E-state index in [-0.39, 0.29) is 28.0 Å². The van der Waals surface area contributed by atoms with Crippen molar-refractivity contribution in [3.63, 3.8) is 0 Å². The maximum atomic E-state index is 12.5. The number of methoxy groups -OCH3 is 1. The normalized spacial score (nSPS) is 10.6. The lowest BCUT2D eigenvalue weighted by atomic mass is 10.1. The molecule has 164 valence electrons. The van der Waals surface area contributed by atoms with E-state index in [2.05, 4.69) is 11.4 Å². The second kappa shape index (κ2) is 11.1. The predicted octanol–water partition coefficient (Wildman–Crippen LogP) is 6.00. The van der Waals surface area contributed by atoms with E-state index in [4.69, 9.17) is 32.7 Å². The molecule has 0 spiro atoms. The van der Waals surface area contributed by atoms with E-state index < -0.39 is 5.91 Å². The number of nitrogens with zero attached hydrogens (tertiary/aromatic N) is 2. The summed E-state index contributed by atoms with van der Waals surface area (Å²) in [7, 11) is 1.54. The molecule has 3 rings (SSSR count). The highest BCUT2D eigenvalue weighted by Gasteiger charge is 2.14. The first-order valence-electron chi connectivity index (χ1n) is 9.62. The van der Waals surface area contributed by atoms with Crippen molar-refractivity contribution in [1.82, 2.24) is 0 Å². The van der Waals surface area contributed by atoms with Gasteiger partial charge in [-0.05, 0) is 54.1 Å². The Hall–Kier alpha value is -3.97. The quantitative estimate of drug-likeness (QED) is 0.332. The molecule has 6 nitrogen and oxygen atoms in total. The van der Waals surface area contributed by atoms with Crippen molar-refractivity contribution in [3.05, 3.63) is 93.0 Å². The number of amides is 1. The van der Waals surface area contributed by atoms with Crippen LogP contribution < -0.4 is 14.8 Å². The molecule has 0 aliphatic carbocycles. The van der Waals surface area contributed by atoms with Gasteiger partial charge in [0.1, 0.15) is 24.0 Å². The number of hydrogen-bond acceptors (Lipinski definition) is 5. The average molecular weight is 478 g/mol. The maximum Gasteiger partial charge on any atom is 0.266 e. The molecule has 0 unspecified atom stereocenters. The Bertz CT molecular complexity index is 1270. The van der Waals surface area contributed by atoms with Gasteiger partial charge in [0.05, 0.1) is 28.8 Å². The lowest BCUT2D eigenvalue weighted by molar-refractivity contribution is -0.112. The van der Waals surface area contributed by atoms with Gasteiger partial charge in [0.15, 0.2) is 5.75 Å². The van der Waals surface area contributed by atoms with Gasteiger partial charge in [-0.15, -0.1) is 0 Å². The van der Waals surface area contributed by atoms with Crippen LogP contribution in [0.3, 0.4) is 0 Å². The van der Waals surface area contributed by atoms with Crippen molar-refractivity contribution in [2.45, 2.75) is 6.61 Å². The van der Waals surface area contributed by atoms with Gasteiger partial charge in [-0.3, -0.25) is 4.79 Å². The van der Waals surface area contributed by atoms with Gasteiger partial charge >= 0.3 is 0 Å². The molecule has 1 N–H and O–H groups in total. The first-order valence-corrected chi connectivity index (χ1v) is 10.4. The number of hydrogen-bond donors (Lipinski definition) is 1. The minimum absolute atomic E-state index is 0.103. The molecule has 0 radical (unpaired) electrons. The monoisotopic (exact) mass is 477 g/mol. The molecular formula is C25H17Cl2N3O3. The third-order valence-corrected chi connectivity index (χ3v) is 5.12. The molecule has 0 saturated carbocycles. The van der Waals surface area contributed by atoms with Gasteiger partial charge < -0.3 is 14.8 Å². The summed E-state index contributed by atoms with van der Waals surface area (Å²) in [6.45, 7) is 0.103. The molecule has 0 aliphatic heterocycles. The van der Waals surface area contributed by atoms with E-state index in [1.807, 2.05) is 6.07 Å². The Morgan fingerprint density at radius 2 is 1.73 bits per heavy atom. The van der Waals surface area contributed by atoms with Gasteiger partial charge in [0, 0.05) is 11.3 Å². The summed E-state index contributed by atoms with van der Waals surface area (Å²) < 4.78 is 10.8. The lowest BCUT2D eigenvalue weighted by Crippen LogP contribution is -2.13. The van der Waals surface area contributed by atoms with E-state index in [0.717, 1.165) is 0 Å². The van der Waals surface area contributed by atoms with E-state index in [9.17, 15) is 15.3 Å². The molecule has 33 heavy (non-hydrogen) atoms. The van der Waals surface area contributed by atoms with Gasteiger partial charge in [-0.25, -0.2) is 0 Å². The van der Waals surface area contributed by atoms with E-state index >= 15 is 0 Å². The smallest absolute Gasteiger partial charge is 0.266 e. The Balaban J connectivity index is 1.77. The van der Waals surface area contributed by atoms with Gasteiger partial charge in [-0.1, -0.05) is 41.4 Å². The lowest BCUT2D eigenvalue weighted by Gasteiger charge is -2.12. The zero-order chi connectivity index (χ0) is 23.8. The summed E-state index contributed by atoms with van der Waals surface area (Å²) >= 11 is 12.7. The van der Waals surface area contributed by atoms with Crippen LogP contribution in [0.4, 0.5) is 5.69 Å². The van der Waals surface area contributed by atoms with Crippen LogP contribution in [0, 0.1) is 22.7 Å². The largest absolute Gasteiger partial charge is 0.497 e. The molecule has 1 amide bonds. The highest BCUT2D eigenvalue weighted by atomic mass is 35.5. The van der Waals surface area contributed by atoms with Crippen molar-refractivity contribution >= 4 is 40.9 Å². The number of halogens is 2. The van der Waals surface area contributed by atoms with Crippen LogP contribution in [0.15, 0.2) is 66.2 Å². The summed E-state index contributed by atoms with van der Waals surface area (Å²) in [6, 6.07) is 20.8. The fourth-order valence-electron chi connectivity index (χ4n) is 2.89. The number of carbonyl (C=O) groups is 1. The molecule has 0 fully saturated rings. The minimum Gasteiger partial charge on any atom is -0.497 e. The van der Waals surface area contributed by atoms with Crippen LogP contribution in [-0.4, -0.2) is 13.0 Å².